The SMILES string of the molecule is CO/N=C/c1ccc(C(=O)Nc2ccccc2N2CCCCC2)cc1. The maximum absolute atomic E-state index is 12.6. The van der Waals surface area contributed by atoms with E-state index in [9.17, 15) is 4.79 Å². The van der Waals surface area contributed by atoms with Crippen LogP contribution in [-0.4, -0.2) is 32.3 Å². The summed E-state index contributed by atoms with van der Waals surface area (Å²) < 4.78 is 0. The summed E-state index contributed by atoms with van der Waals surface area (Å²) in [5.74, 6) is -0.111. The third kappa shape index (κ3) is 4.38. The second-order valence-electron chi connectivity index (χ2n) is 6.06. The maximum atomic E-state index is 12.6. The van der Waals surface area contributed by atoms with Crippen LogP contribution in [-0.2, 0) is 4.84 Å². The van der Waals surface area contributed by atoms with E-state index in [0.717, 1.165) is 30.0 Å². The number of amides is 1. The monoisotopic (exact) mass is 337 g/mol. The molecule has 2 aromatic carbocycles. The molecule has 1 heterocycles. The van der Waals surface area contributed by atoms with Crippen LogP contribution in [0.15, 0.2) is 53.7 Å². The average Bonchev–Trinajstić information content (AvgIpc) is 2.68. The molecule has 1 amide bonds. The fourth-order valence-corrected chi connectivity index (χ4v) is 3.02. The highest BCUT2D eigenvalue weighted by molar-refractivity contribution is 6.06. The Morgan fingerprint density at radius 2 is 1.80 bits per heavy atom. The number of anilines is 2. The van der Waals surface area contributed by atoms with Gasteiger partial charge in [0, 0.05) is 18.7 Å². The topological polar surface area (TPSA) is 53.9 Å². The van der Waals surface area contributed by atoms with Gasteiger partial charge in [-0.3, -0.25) is 4.79 Å². The molecule has 0 spiro atoms. The van der Waals surface area contributed by atoms with E-state index in [0.29, 0.717) is 5.56 Å². The summed E-state index contributed by atoms with van der Waals surface area (Å²) >= 11 is 0. The molecule has 1 saturated heterocycles. The van der Waals surface area contributed by atoms with Gasteiger partial charge in [-0.2, -0.15) is 0 Å². The van der Waals surface area contributed by atoms with Crippen LogP contribution < -0.4 is 10.2 Å². The van der Waals surface area contributed by atoms with Crippen LogP contribution in [0.3, 0.4) is 0 Å². The van der Waals surface area contributed by atoms with Crippen molar-refractivity contribution in [1.82, 2.24) is 0 Å². The second kappa shape index (κ2) is 8.33. The molecule has 25 heavy (non-hydrogen) atoms. The quantitative estimate of drug-likeness (QED) is 0.665. The highest BCUT2D eigenvalue weighted by Gasteiger charge is 2.15. The Morgan fingerprint density at radius 1 is 1.08 bits per heavy atom. The standard InChI is InChI=1S/C20H23N3O2/c1-25-21-15-16-9-11-17(12-10-16)20(24)22-18-7-3-4-8-19(18)23-13-5-2-6-14-23/h3-4,7-12,15H,2,5-6,13-14H2,1H3,(H,22,24)/b21-15+. The molecule has 0 unspecified atom stereocenters. The Hall–Kier alpha value is -2.82. The molecule has 1 N–H and O–H groups in total. The number of hydrogen-bond acceptors (Lipinski definition) is 4. The zero-order valence-corrected chi connectivity index (χ0v) is 14.4. The van der Waals surface area contributed by atoms with Crippen LogP contribution in [0.2, 0.25) is 0 Å². The molecule has 1 fully saturated rings. The van der Waals surface area contributed by atoms with Crippen LogP contribution in [0.4, 0.5) is 11.4 Å². The van der Waals surface area contributed by atoms with Crippen LogP contribution >= 0.6 is 0 Å². The van der Waals surface area contributed by atoms with Crippen molar-refractivity contribution in [1.29, 1.82) is 0 Å². The van der Waals surface area contributed by atoms with Crippen molar-refractivity contribution in [2.45, 2.75) is 19.3 Å². The van der Waals surface area contributed by atoms with Crippen molar-refractivity contribution in [2.75, 3.05) is 30.4 Å². The minimum atomic E-state index is -0.111. The number of oxime groups is 1. The zero-order valence-electron chi connectivity index (χ0n) is 14.4. The number of carbonyl (C=O) groups excluding carboxylic acids is 1. The van der Waals surface area contributed by atoms with Crippen molar-refractivity contribution in [3.8, 4) is 0 Å². The van der Waals surface area contributed by atoms with Gasteiger partial charge in [0.15, 0.2) is 0 Å². The molecular formula is C20H23N3O2. The van der Waals surface area contributed by atoms with Crippen molar-refractivity contribution < 1.29 is 9.63 Å². The number of hydrogen-bond donors (Lipinski definition) is 1. The molecule has 5 nitrogen and oxygen atoms in total. The first-order valence-electron chi connectivity index (χ1n) is 8.60. The van der Waals surface area contributed by atoms with E-state index in [1.54, 1.807) is 18.3 Å². The van der Waals surface area contributed by atoms with Crippen molar-refractivity contribution in [3.05, 3.63) is 59.7 Å². The molecule has 1 aliphatic heterocycles. The molecule has 0 bridgehead atoms. The molecule has 0 atom stereocenters. The number of carbonyl (C=O) groups is 1. The van der Waals surface area contributed by atoms with Crippen molar-refractivity contribution in [2.24, 2.45) is 5.16 Å². The van der Waals surface area contributed by atoms with Gasteiger partial charge in [-0.05, 0) is 49.1 Å². The third-order valence-electron chi connectivity index (χ3n) is 4.33. The van der Waals surface area contributed by atoms with E-state index in [1.165, 1.54) is 26.4 Å². The Morgan fingerprint density at radius 3 is 2.52 bits per heavy atom. The number of para-hydroxylation sites is 2. The molecule has 2 aromatic rings. The first-order valence-corrected chi connectivity index (χ1v) is 8.60. The predicted molar refractivity (Wildman–Crippen MR) is 102 cm³/mol. The number of rotatable bonds is 5. The second-order valence-corrected chi connectivity index (χ2v) is 6.06. The van der Waals surface area contributed by atoms with Gasteiger partial charge in [0.1, 0.15) is 7.11 Å². The van der Waals surface area contributed by atoms with Gasteiger partial charge in [0.05, 0.1) is 17.6 Å². The highest BCUT2D eigenvalue weighted by Crippen LogP contribution is 2.28. The predicted octanol–water partition coefficient (Wildman–Crippen LogP) is 3.91. The summed E-state index contributed by atoms with van der Waals surface area (Å²) in [5.41, 5.74) is 3.45. The molecule has 5 heteroatoms. The van der Waals surface area contributed by atoms with Gasteiger partial charge in [-0.25, -0.2) is 0 Å². The van der Waals surface area contributed by atoms with Gasteiger partial charge in [0.25, 0.3) is 5.91 Å². The fourth-order valence-electron chi connectivity index (χ4n) is 3.02. The van der Waals surface area contributed by atoms with Crippen LogP contribution in [0.25, 0.3) is 0 Å². The molecule has 0 aromatic heterocycles. The van der Waals surface area contributed by atoms with E-state index in [2.05, 4.69) is 26.3 Å². The Balaban J connectivity index is 1.73. The first kappa shape index (κ1) is 17.0. The summed E-state index contributed by atoms with van der Waals surface area (Å²) in [6.45, 7) is 2.08. The lowest BCUT2D eigenvalue weighted by molar-refractivity contribution is 0.102. The summed E-state index contributed by atoms with van der Waals surface area (Å²) in [6, 6.07) is 15.3. The minimum absolute atomic E-state index is 0.111. The molecule has 0 aliphatic carbocycles. The number of nitrogens with one attached hydrogen (secondary N) is 1. The first-order chi connectivity index (χ1) is 12.3. The van der Waals surface area contributed by atoms with E-state index in [4.69, 9.17) is 0 Å². The lowest BCUT2D eigenvalue weighted by atomic mass is 10.1. The Bertz CT molecular complexity index is 735. The summed E-state index contributed by atoms with van der Waals surface area (Å²) in [4.78, 5) is 19.6. The summed E-state index contributed by atoms with van der Waals surface area (Å²) in [6.07, 6.45) is 5.29. The summed E-state index contributed by atoms with van der Waals surface area (Å²) in [7, 11) is 1.50. The fraction of sp³-hybridized carbons (Fsp3) is 0.300. The number of nitrogens with zero attached hydrogens (tertiary/aromatic N) is 2. The largest absolute Gasteiger partial charge is 0.399 e. The lowest BCUT2D eigenvalue weighted by Crippen LogP contribution is -2.30. The van der Waals surface area contributed by atoms with Crippen molar-refractivity contribution >= 4 is 23.5 Å². The van der Waals surface area contributed by atoms with Gasteiger partial charge in [-0.1, -0.05) is 29.4 Å². The minimum Gasteiger partial charge on any atom is -0.399 e. The van der Waals surface area contributed by atoms with E-state index in [1.807, 2.05) is 30.3 Å². The van der Waals surface area contributed by atoms with Gasteiger partial charge in [0.2, 0.25) is 0 Å². The number of benzene rings is 2. The van der Waals surface area contributed by atoms with Gasteiger partial charge < -0.3 is 15.1 Å². The smallest absolute Gasteiger partial charge is 0.255 e. The van der Waals surface area contributed by atoms with Crippen molar-refractivity contribution in [3.63, 3.8) is 0 Å². The van der Waals surface area contributed by atoms with E-state index < -0.39 is 0 Å². The zero-order chi connectivity index (χ0) is 17.5. The van der Waals surface area contributed by atoms with Gasteiger partial charge >= 0.3 is 0 Å². The number of piperidine rings is 1. The lowest BCUT2D eigenvalue weighted by Gasteiger charge is -2.30. The highest BCUT2D eigenvalue weighted by atomic mass is 16.6. The normalized spacial score (nSPS) is 14.5. The Labute approximate surface area is 148 Å². The molecule has 130 valence electrons. The van der Waals surface area contributed by atoms with E-state index >= 15 is 0 Å². The Kier molecular flexibility index (Phi) is 5.67. The summed E-state index contributed by atoms with van der Waals surface area (Å²) in [5, 5.41) is 6.76. The molecule has 3 rings (SSSR count). The maximum Gasteiger partial charge on any atom is 0.255 e. The average molecular weight is 337 g/mol. The van der Waals surface area contributed by atoms with Crippen LogP contribution in [0.1, 0.15) is 35.2 Å². The molecule has 0 radical (unpaired) electrons. The van der Waals surface area contributed by atoms with Gasteiger partial charge in [-0.15, -0.1) is 0 Å². The van der Waals surface area contributed by atoms with Crippen LogP contribution in [0, 0.1) is 0 Å². The molecule has 0 saturated carbocycles. The molecule has 1 aliphatic rings. The molecular weight excluding hydrogens is 314 g/mol. The van der Waals surface area contributed by atoms with E-state index in [-0.39, 0.29) is 5.91 Å². The third-order valence-corrected chi connectivity index (χ3v) is 4.33. The van der Waals surface area contributed by atoms with Crippen LogP contribution in [0.5, 0.6) is 0 Å².